The number of nitrogens with one attached hydrogen (secondary N) is 2. The first-order valence-electron chi connectivity index (χ1n) is 34.5. The van der Waals surface area contributed by atoms with E-state index >= 15 is 0 Å². The number of furan rings is 2. The Morgan fingerprint density at radius 1 is 0.701 bits per heavy atom. The molecule has 6 N–H and O–H groups in total. The lowest BCUT2D eigenvalue weighted by molar-refractivity contribution is -0.199. The van der Waals surface area contributed by atoms with Gasteiger partial charge in [-0.3, -0.25) is 19.4 Å². The minimum atomic E-state index is -1.82. The summed E-state index contributed by atoms with van der Waals surface area (Å²) in [5.41, 5.74) is 2.09. The molecule has 2 bridgehead atoms. The molecule has 4 amide bonds. The van der Waals surface area contributed by atoms with Crippen molar-refractivity contribution in [3.05, 3.63) is 119 Å². The van der Waals surface area contributed by atoms with E-state index in [4.69, 9.17) is 60.3 Å². The first-order valence-corrected chi connectivity index (χ1v) is 34.5. The van der Waals surface area contributed by atoms with Crippen LogP contribution in [0.25, 0.3) is 31.6 Å². The van der Waals surface area contributed by atoms with Gasteiger partial charge in [0.05, 0.1) is 87.8 Å². The van der Waals surface area contributed by atoms with Gasteiger partial charge in [0.15, 0.2) is 0 Å². The van der Waals surface area contributed by atoms with E-state index in [0.717, 1.165) is 79.3 Å². The minimum Gasteiger partial charge on any atom is -0.464 e. The van der Waals surface area contributed by atoms with Gasteiger partial charge in [-0.25, -0.2) is 19.3 Å². The number of nitrogens with zero attached hydrogens (tertiary/aromatic N) is 6. The average molecular weight is 1340 g/mol. The van der Waals surface area contributed by atoms with Crippen LogP contribution >= 0.6 is 0 Å². The third-order valence-electron chi connectivity index (χ3n) is 22.2. The molecular formula is C70H95B3N8O16. The van der Waals surface area contributed by atoms with Crippen LogP contribution in [-0.2, 0) is 50.7 Å². The summed E-state index contributed by atoms with van der Waals surface area (Å²) in [6.07, 6.45) is 10.4. The van der Waals surface area contributed by atoms with Gasteiger partial charge >= 0.3 is 33.5 Å². The van der Waals surface area contributed by atoms with Gasteiger partial charge in [-0.15, -0.1) is 0 Å². The van der Waals surface area contributed by atoms with Gasteiger partial charge in [0.1, 0.15) is 24.4 Å². The molecule has 0 unspecified atom stereocenters. The van der Waals surface area contributed by atoms with E-state index in [1.807, 2.05) is 90.1 Å². The van der Waals surface area contributed by atoms with Crippen molar-refractivity contribution in [1.29, 1.82) is 0 Å². The average Bonchev–Trinajstić information content (AvgIpc) is 1.65. The number of piperidine rings is 2. The summed E-state index contributed by atoms with van der Waals surface area (Å²) in [5, 5.41) is 43.8. The first kappa shape index (κ1) is 71.5. The summed E-state index contributed by atoms with van der Waals surface area (Å²) < 4.78 is 47.2. The van der Waals surface area contributed by atoms with E-state index in [0.29, 0.717) is 87.4 Å². The summed E-state index contributed by atoms with van der Waals surface area (Å²) in [7, 11) is -3.60. The van der Waals surface area contributed by atoms with Gasteiger partial charge in [-0.05, 0) is 150 Å². The molecule has 5 saturated carbocycles. The number of ether oxygens (including phenoxy) is 4. The van der Waals surface area contributed by atoms with Crippen LogP contribution in [0.5, 0.6) is 0 Å². The second kappa shape index (κ2) is 29.6. The first-order chi connectivity index (χ1) is 46.2. The summed E-state index contributed by atoms with van der Waals surface area (Å²) in [6, 6.07) is 14.6. The van der Waals surface area contributed by atoms with Crippen molar-refractivity contribution in [3.8, 4) is 0 Å². The Labute approximate surface area is 569 Å². The molecule has 0 radical (unpaired) electrons. The van der Waals surface area contributed by atoms with Crippen LogP contribution in [0.3, 0.4) is 0 Å². The normalized spacial score (nSPS) is 27.9. The van der Waals surface area contributed by atoms with Gasteiger partial charge in [0.25, 0.3) is 11.8 Å². The number of hydrogen-bond acceptors (Lipinski definition) is 18. The molecule has 2 aromatic heterocycles. The maximum atomic E-state index is 13.8. The molecule has 5 aliphatic carbocycles. The fourth-order valence-corrected chi connectivity index (χ4v) is 16.2. The van der Waals surface area contributed by atoms with Crippen LogP contribution in [0.15, 0.2) is 93.4 Å². The third-order valence-corrected chi connectivity index (χ3v) is 22.2. The highest BCUT2D eigenvalue weighted by Gasteiger charge is 2.69. The molecule has 97 heavy (non-hydrogen) atoms. The number of carbonyl (C=O) groups excluding carboxylic acids is 4. The zero-order chi connectivity index (χ0) is 69.3. The highest BCUT2D eigenvalue weighted by Crippen LogP contribution is 2.66. The predicted octanol–water partition coefficient (Wildman–Crippen LogP) is 7.06. The summed E-state index contributed by atoms with van der Waals surface area (Å²) in [5.74, 6) is 0.351. The monoisotopic (exact) mass is 1340 g/mol. The number of benzene rings is 2. The molecule has 14 rings (SSSR count). The Bertz CT molecular complexity index is 3620. The highest BCUT2D eigenvalue weighted by molar-refractivity contribution is 6.48. The van der Waals surface area contributed by atoms with Gasteiger partial charge in [-0.1, -0.05) is 76.2 Å². The second-order valence-electron chi connectivity index (χ2n) is 30.1. The van der Waals surface area contributed by atoms with E-state index in [9.17, 15) is 29.2 Å². The molecule has 0 spiro atoms. The van der Waals surface area contributed by atoms with Crippen LogP contribution in [0.4, 0.5) is 9.59 Å². The highest BCUT2D eigenvalue weighted by atomic mass is 16.7. The molecule has 5 saturated heterocycles. The predicted molar refractivity (Wildman–Crippen MR) is 363 cm³/mol. The van der Waals surface area contributed by atoms with Gasteiger partial charge in [-0.2, -0.15) is 0 Å². The number of rotatable bonds is 20. The lowest BCUT2D eigenvalue weighted by Gasteiger charge is -2.64. The lowest BCUT2D eigenvalue weighted by Crippen LogP contribution is -2.65. The topological polar surface area (TPSA) is 277 Å². The van der Waals surface area contributed by atoms with Crippen LogP contribution in [0.2, 0.25) is 6.32 Å². The Balaban J connectivity index is 0.000000183. The van der Waals surface area contributed by atoms with Crippen molar-refractivity contribution in [1.82, 2.24) is 30.2 Å². The minimum absolute atomic E-state index is 0.0338. The quantitative estimate of drug-likeness (QED) is 0.0294. The standard InChI is InChI=1S/C38H49BN4O7.C28H35BN4O7.C4H11BO2/c1-36(2,42-11-13-46-14-12-42)19-28(40-6)34(44)43-20-23-15-27(23)29(43)22-48-35(45)41-33(16-24-21-47-30-10-8-7-9-26(24)30)39-49-32-18-25-17-31(37(25,3)4)38(32,5)50-39;1-28(2,32-8-10-38-11-9-32)14-22(30-3)26(34)33-15-18-12-21(18)23(33)17-40-27(35)31-25(29(36)37)13-19-16-39-24-7-5-4-6-20(19)24;1-4(2)3-5(6)7/h7-10,19,21,23,25,27,29,31-33H,11-18,20,22H2,1-5H3,(H,41,45);4-7,14,16,18,21,23,25,36-37H,8-13,15,17H2,1-2H3,(H,31,35);4,6-7H,3H2,1-2H3/t23-,25-,27-,29-,31-,32+,33-,38-;18-,21-,23-,25-;/m00./s1. The Morgan fingerprint density at radius 2 is 1.18 bits per heavy atom. The Hall–Kier alpha value is -6.75. The molecule has 7 heterocycles. The van der Waals surface area contributed by atoms with Crippen molar-refractivity contribution in [2.45, 2.75) is 154 Å². The lowest BCUT2D eigenvalue weighted by atomic mass is 9.43. The number of carbonyl (C=O) groups is 4. The number of fused-ring (bicyclic) bond motifs is 4. The van der Waals surface area contributed by atoms with Crippen molar-refractivity contribution in [2.24, 2.45) is 46.8 Å². The van der Waals surface area contributed by atoms with E-state index in [2.05, 4.69) is 50.9 Å². The number of morpholine rings is 2. The molecule has 2 aromatic carbocycles. The molecular weight excluding hydrogens is 1240 g/mol. The van der Waals surface area contributed by atoms with Crippen molar-refractivity contribution >= 4 is 67.3 Å². The fraction of sp³-hybridized carbons (Fsp3) is 0.629. The molecule has 10 aliphatic rings. The van der Waals surface area contributed by atoms with Crippen LogP contribution in [-0.4, -0.2) is 211 Å². The van der Waals surface area contributed by atoms with Gasteiger partial charge in [0.2, 0.25) is 11.4 Å². The number of amides is 4. The Kier molecular flexibility index (Phi) is 21.8. The molecule has 4 aromatic rings. The zero-order valence-electron chi connectivity index (χ0n) is 57.4. The van der Waals surface area contributed by atoms with Crippen LogP contribution in [0, 0.1) is 60.0 Å². The number of alkyl carbamates (subject to hydrolysis) is 2. The summed E-state index contributed by atoms with van der Waals surface area (Å²) >= 11 is 0. The fourth-order valence-electron chi connectivity index (χ4n) is 16.2. The SMILES string of the molecule is CC(C)CB(O)O.[C-]#[N+]C(=CC(C)(C)N1CCOCC1)C(=O)N1C[C@@H]2C[C@@H]2[C@@H]1COC(=O)N[C@@H](Cc1coc2ccccc12)B(O)O.[C-]#[N+]C(=CC(C)(C)N1CCOCC1)C(=O)N1C[C@@H]2C[C@@H]2[C@@H]1COC(=O)N[C@@H](Cc1coc2ccccc12)B1O[C@@H]2C[C@@H]3C[C@@H](C3(C)C)[C@]2(C)O1. The van der Waals surface area contributed by atoms with Crippen molar-refractivity contribution in [3.63, 3.8) is 0 Å². The maximum absolute atomic E-state index is 13.8. The Morgan fingerprint density at radius 3 is 1.62 bits per heavy atom. The molecule has 12 atom stereocenters. The smallest absolute Gasteiger partial charge is 0.464 e. The zero-order valence-corrected chi connectivity index (χ0v) is 57.4. The van der Waals surface area contributed by atoms with Crippen molar-refractivity contribution in [2.75, 3.05) is 78.9 Å². The number of hydrogen-bond donors (Lipinski definition) is 6. The number of likely N-dealkylation sites (tertiary alicyclic amines) is 2. The van der Waals surface area contributed by atoms with Crippen LogP contribution in [0.1, 0.15) is 99.1 Å². The maximum Gasteiger partial charge on any atom is 0.482 e. The van der Waals surface area contributed by atoms with Crippen molar-refractivity contribution < 1.29 is 76.4 Å². The molecule has 520 valence electrons. The van der Waals surface area contributed by atoms with E-state index in [1.165, 1.54) is 6.26 Å². The van der Waals surface area contributed by atoms with E-state index < -0.39 is 62.1 Å². The third kappa shape index (κ3) is 16.0. The second-order valence-corrected chi connectivity index (χ2v) is 30.1. The van der Waals surface area contributed by atoms with Crippen LogP contribution < -0.4 is 10.6 Å². The summed E-state index contributed by atoms with van der Waals surface area (Å²) in [6.45, 7) is 40.9. The number of para-hydroxylation sites is 2. The van der Waals surface area contributed by atoms with E-state index in [1.54, 1.807) is 28.2 Å². The van der Waals surface area contributed by atoms with E-state index in [-0.39, 0.29) is 78.3 Å². The summed E-state index contributed by atoms with van der Waals surface area (Å²) in [4.78, 5) is 68.7. The van der Waals surface area contributed by atoms with Gasteiger partial charge in [0, 0.05) is 61.1 Å². The van der Waals surface area contributed by atoms with Gasteiger partial charge < -0.3 is 77.6 Å². The molecule has 24 nitrogen and oxygen atoms in total. The molecule has 10 fully saturated rings. The molecule has 27 heteroatoms. The molecule has 5 aliphatic heterocycles. The largest absolute Gasteiger partial charge is 0.482 e.